The summed E-state index contributed by atoms with van der Waals surface area (Å²) in [5, 5.41) is 1.17. The summed E-state index contributed by atoms with van der Waals surface area (Å²) in [5.41, 5.74) is 8.08. The number of benzene rings is 1. The number of fused-ring (bicyclic) bond motifs is 1. The van der Waals surface area contributed by atoms with Gasteiger partial charge in [-0.25, -0.2) is 0 Å². The molecule has 108 valence electrons. The summed E-state index contributed by atoms with van der Waals surface area (Å²) < 4.78 is 6.04. The van der Waals surface area contributed by atoms with E-state index in [-0.39, 0.29) is 0 Å². The highest BCUT2D eigenvalue weighted by molar-refractivity contribution is 5.82. The summed E-state index contributed by atoms with van der Waals surface area (Å²) in [6.45, 7) is 6.15. The van der Waals surface area contributed by atoms with Crippen molar-refractivity contribution in [3.63, 3.8) is 0 Å². The van der Waals surface area contributed by atoms with Gasteiger partial charge in [0.15, 0.2) is 0 Å². The molecule has 1 aliphatic rings. The van der Waals surface area contributed by atoms with Gasteiger partial charge in [-0.15, -0.1) is 0 Å². The average molecular weight is 272 g/mol. The van der Waals surface area contributed by atoms with Crippen LogP contribution in [0.5, 0.6) is 0 Å². The Kier molecular flexibility index (Phi) is 4.08. The molecular weight excluding hydrogens is 248 g/mol. The molecule has 1 aromatic heterocycles. The molecule has 0 radical (unpaired) electrons. The number of hydrogen-bond acceptors (Lipinski definition) is 3. The van der Waals surface area contributed by atoms with Gasteiger partial charge in [0.25, 0.3) is 0 Å². The van der Waals surface area contributed by atoms with Crippen LogP contribution >= 0.6 is 0 Å². The first-order valence-corrected chi connectivity index (χ1v) is 7.69. The predicted octanol–water partition coefficient (Wildman–Crippen LogP) is 3.51. The first-order valence-electron chi connectivity index (χ1n) is 7.69. The number of para-hydroxylation sites is 1. The molecule has 0 bridgehead atoms. The van der Waals surface area contributed by atoms with Crippen molar-refractivity contribution in [2.75, 3.05) is 13.1 Å². The van der Waals surface area contributed by atoms with Gasteiger partial charge in [0.05, 0.1) is 6.54 Å². The number of hydrogen-bond donors (Lipinski definition) is 1. The van der Waals surface area contributed by atoms with E-state index in [4.69, 9.17) is 10.2 Å². The zero-order valence-electron chi connectivity index (χ0n) is 12.3. The Morgan fingerprint density at radius 2 is 2.10 bits per heavy atom. The van der Waals surface area contributed by atoms with E-state index < -0.39 is 0 Å². The van der Waals surface area contributed by atoms with Gasteiger partial charge in [-0.05, 0) is 44.3 Å². The van der Waals surface area contributed by atoms with Crippen LogP contribution in [-0.4, -0.2) is 18.0 Å². The van der Waals surface area contributed by atoms with Gasteiger partial charge in [0.2, 0.25) is 0 Å². The van der Waals surface area contributed by atoms with E-state index in [1.165, 1.54) is 43.3 Å². The van der Waals surface area contributed by atoms with Crippen molar-refractivity contribution in [2.24, 2.45) is 11.7 Å². The van der Waals surface area contributed by atoms with E-state index in [1.807, 2.05) is 12.1 Å². The van der Waals surface area contributed by atoms with Crippen LogP contribution in [0.4, 0.5) is 0 Å². The first kappa shape index (κ1) is 13.7. The molecule has 2 aromatic rings. The molecular formula is C17H24N2O. The summed E-state index contributed by atoms with van der Waals surface area (Å²) in [5.74, 6) is 1.91. The van der Waals surface area contributed by atoms with E-state index >= 15 is 0 Å². The predicted molar refractivity (Wildman–Crippen MR) is 82.4 cm³/mol. The van der Waals surface area contributed by atoms with Crippen molar-refractivity contribution < 1.29 is 4.42 Å². The highest BCUT2D eigenvalue weighted by Gasteiger charge is 2.18. The van der Waals surface area contributed by atoms with E-state index in [0.29, 0.717) is 6.54 Å². The van der Waals surface area contributed by atoms with Crippen molar-refractivity contribution in [2.45, 2.75) is 39.3 Å². The fourth-order valence-electron chi connectivity index (χ4n) is 3.18. The number of nitrogens with two attached hydrogens (primary N) is 1. The fourth-order valence-corrected chi connectivity index (χ4v) is 3.18. The number of furan rings is 1. The third-order valence-electron chi connectivity index (χ3n) is 4.46. The third-order valence-corrected chi connectivity index (χ3v) is 4.46. The van der Waals surface area contributed by atoms with E-state index in [9.17, 15) is 0 Å². The second-order valence-corrected chi connectivity index (χ2v) is 6.02. The Balaban J connectivity index is 1.83. The van der Waals surface area contributed by atoms with Gasteiger partial charge in [0, 0.05) is 17.5 Å². The Bertz CT molecular complexity index is 575. The molecule has 1 atom stereocenters. The van der Waals surface area contributed by atoms with Gasteiger partial charge < -0.3 is 10.2 Å². The average Bonchev–Trinajstić information content (AvgIpc) is 2.68. The summed E-state index contributed by atoms with van der Waals surface area (Å²) in [7, 11) is 0. The highest BCUT2D eigenvalue weighted by Crippen LogP contribution is 2.27. The summed E-state index contributed by atoms with van der Waals surface area (Å²) in [6, 6.07) is 8.20. The van der Waals surface area contributed by atoms with Gasteiger partial charge in [0.1, 0.15) is 11.3 Å². The van der Waals surface area contributed by atoms with Crippen LogP contribution in [-0.2, 0) is 13.1 Å². The largest absolute Gasteiger partial charge is 0.459 e. The van der Waals surface area contributed by atoms with Crippen molar-refractivity contribution in [1.29, 1.82) is 0 Å². The lowest BCUT2D eigenvalue weighted by Crippen LogP contribution is -2.24. The van der Waals surface area contributed by atoms with Crippen LogP contribution in [0.25, 0.3) is 11.0 Å². The van der Waals surface area contributed by atoms with Crippen LogP contribution in [0, 0.1) is 5.92 Å². The van der Waals surface area contributed by atoms with Gasteiger partial charge in [-0.2, -0.15) is 0 Å². The molecule has 3 nitrogen and oxygen atoms in total. The number of likely N-dealkylation sites (tertiary alicyclic amines) is 1. The maximum Gasteiger partial charge on any atom is 0.134 e. The minimum absolute atomic E-state index is 0.552. The Morgan fingerprint density at radius 1 is 1.25 bits per heavy atom. The Morgan fingerprint density at radius 3 is 2.95 bits per heavy atom. The molecule has 1 saturated heterocycles. The molecule has 1 unspecified atom stereocenters. The topological polar surface area (TPSA) is 42.4 Å². The van der Waals surface area contributed by atoms with Crippen LogP contribution in [0.1, 0.15) is 37.5 Å². The summed E-state index contributed by atoms with van der Waals surface area (Å²) >= 11 is 0. The number of nitrogens with zero attached hydrogens (tertiary/aromatic N) is 1. The molecule has 3 rings (SSSR count). The third kappa shape index (κ3) is 2.74. The fraction of sp³-hybridized carbons (Fsp3) is 0.529. The van der Waals surface area contributed by atoms with Crippen LogP contribution in [0.3, 0.4) is 0 Å². The van der Waals surface area contributed by atoms with Crippen molar-refractivity contribution in [3.05, 3.63) is 35.6 Å². The second kappa shape index (κ2) is 5.98. The van der Waals surface area contributed by atoms with Crippen molar-refractivity contribution >= 4 is 11.0 Å². The van der Waals surface area contributed by atoms with Crippen molar-refractivity contribution in [3.8, 4) is 0 Å². The quantitative estimate of drug-likeness (QED) is 0.929. The van der Waals surface area contributed by atoms with Gasteiger partial charge >= 0.3 is 0 Å². The summed E-state index contributed by atoms with van der Waals surface area (Å²) in [6.07, 6.45) is 3.93. The lowest BCUT2D eigenvalue weighted by molar-refractivity contribution is 0.252. The molecule has 3 heteroatoms. The number of rotatable bonds is 3. The zero-order chi connectivity index (χ0) is 13.9. The lowest BCUT2D eigenvalue weighted by Gasteiger charge is -2.19. The van der Waals surface area contributed by atoms with Crippen LogP contribution < -0.4 is 5.73 Å². The molecule has 20 heavy (non-hydrogen) atoms. The van der Waals surface area contributed by atoms with Crippen LogP contribution in [0.2, 0.25) is 0 Å². The minimum Gasteiger partial charge on any atom is -0.459 e. The van der Waals surface area contributed by atoms with Gasteiger partial charge in [-0.3, -0.25) is 4.90 Å². The van der Waals surface area contributed by atoms with E-state index in [0.717, 1.165) is 23.8 Å². The molecule has 0 amide bonds. The minimum atomic E-state index is 0.552. The van der Waals surface area contributed by atoms with Crippen LogP contribution in [0.15, 0.2) is 28.7 Å². The molecule has 2 heterocycles. The molecule has 1 fully saturated rings. The van der Waals surface area contributed by atoms with E-state index in [1.54, 1.807) is 0 Å². The summed E-state index contributed by atoms with van der Waals surface area (Å²) in [4.78, 5) is 2.51. The molecule has 0 spiro atoms. The lowest BCUT2D eigenvalue weighted by atomic mass is 10.0. The Labute approximate surface area is 120 Å². The zero-order valence-corrected chi connectivity index (χ0v) is 12.3. The second-order valence-electron chi connectivity index (χ2n) is 6.02. The van der Waals surface area contributed by atoms with E-state index in [2.05, 4.69) is 24.0 Å². The first-order chi connectivity index (χ1) is 9.78. The van der Waals surface area contributed by atoms with Crippen molar-refractivity contribution in [1.82, 2.24) is 4.90 Å². The highest BCUT2D eigenvalue weighted by atomic mass is 16.3. The normalized spacial score (nSPS) is 21.2. The monoisotopic (exact) mass is 272 g/mol. The Hall–Kier alpha value is -1.32. The molecule has 1 aromatic carbocycles. The maximum absolute atomic E-state index is 6.04. The molecule has 0 saturated carbocycles. The maximum atomic E-state index is 6.04. The molecule has 1 aliphatic heterocycles. The SMILES string of the molecule is CC1CCCN(Cc2oc3ccccc3c2CN)CC1. The smallest absolute Gasteiger partial charge is 0.134 e. The van der Waals surface area contributed by atoms with Gasteiger partial charge in [-0.1, -0.05) is 25.1 Å². The molecule has 2 N–H and O–H groups in total. The molecule has 0 aliphatic carbocycles. The standard InChI is InChI=1S/C17H24N2O/c1-13-5-4-9-19(10-8-13)12-17-15(11-18)14-6-2-3-7-16(14)20-17/h2-3,6-7,13H,4-5,8-12,18H2,1H3.